The first-order valence-electron chi connectivity index (χ1n) is 7.97. The van der Waals surface area contributed by atoms with E-state index < -0.39 is 10.0 Å². The van der Waals surface area contributed by atoms with Gasteiger partial charge >= 0.3 is 0 Å². The maximum Gasteiger partial charge on any atom is 0.243 e. The molecular weight excluding hydrogens is 310 g/mol. The molecule has 1 aromatic heterocycles. The molecule has 0 spiro atoms. The molecule has 0 aliphatic heterocycles. The van der Waals surface area contributed by atoms with Gasteiger partial charge in [-0.2, -0.15) is 9.40 Å². The predicted octanol–water partition coefficient (Wildman–Crippen LogP) is 3.24. The Balaban J connectivity index is 2.20. The van der Waals surface area contributed by atoms with Crippen molar-refractivity contribution in [2.75, 3.05) is 7.05 Å². The molecule has 0 aliphatic rings. The second kappa shape index (κ2) is 7.27. The van der Waals surface area contributed by atoms with Crippen LogP contribution in [0.2, 0.25) is 0 Å². The first-order valence-corrected chi connectivity index (χ1v) is 9.41. The van der Waals surface area contributed by atoms with E-state index in [4.69, 9.17) is 0 Å². The molecule has 0 saturated heterocycles. The first-order chi connectivity index (χ1) is 10.9. The van der Waals surface area contributed by atoms with Gasteiger partial charge in [-0.15, -0.1) is 0 Å². The molecule has 0 fully saturated rings. The highest BCUT2D eigenvalue weighted by Gasteiger charge is 2.22. The summed E-state index contributed by atoms with van der Waals surface area (Å²) in [5.74, 6) is 0.434. The molecule has 0 saturated carbocycles. The molecule has 1 atom stereocenters. The average Bonchev–Trinajstić information content (AvgIpc) is 3.01. The predicted molar refractivity (Wildman–Crippen MR) is 91.7 cm³/mol. The van der Waals surface area contributed by atoms with E-state index in [1.54, 1.807) is 30.1 Å². The quantitative estimate of drug-likeness (QED) is 0.780. The zero-order chi connectivity index (χ0) is 17.0. The first kappa shape index (κ1) is 17.7. The number of sulfonamides is 1. The summed E-state index contributed by atoms with van der Waals surface area (Å²) in [6.45, 7) is 7.28. The van der Waals surface area contributed by atoms with Gasteiger partial charge in [0.25, 0.3) is 0 Å². The smallest absolute Gasteiger partial charge is 0.243 e. The van der Waals surface area contributed by atoms with Crippen molar-refractivity contribution in [1.29, 1.82) is 0 Å². The van der Waals surface area contributed by atoms with Crippen molar-refractivity contribution in [3.05, 3.63) is 47.8 Å². The van der Waals surface area contributed by atoms with Crippen molar-refractivity contribution in [3.8, 4) is 0 Å². The van der Waals surface area contributed by atoms with E-state index in [0.717, 1.165) is 24.2 Å². The Kier molecular flexibility index (Phi) is 5.59. The van der Waals surface area contributed by atoms with Gasteiger partial charge < -0.3 is 0 Å². The van der Waals surface area contributed by atoms with E-state index in [1.165, 1.54) is 4.31 Å². The Hall–Kier alpha value is -1.66. The van der Waals surface area contributed by atoms with E-state index in [9.17, 15) is 8.42 Å². The molecule has 1 aromatic carbocycles. The second-order valence-corrected chi connectivity index (χ2v) is 7.82. The zero-order valence-electron chi connectivity index (χ0n) is 14.2. The van der Waals surface area contributed by atoms with Gasteiger partial charge in [0.05, 0.1) is 17.1 Å². The third kappa shape index (κ3) is 3.82. The lowest BCUT2D eigenvalue weighted by atomic mass is 9.99. The summed E-state index contributed by atoms with van der Waals surface area (Å²) in [5, 5.41) is 4.18. The lowest BCUT2D eigenvalue weighted by molar-refractivity contribution is 0.447. The molecule has 0 N–H and O–H groups in total. The van der Waals surface area contributed by atoms with Gasteiger partial charge in [0.1, 0.15) is 0 Å². The molecular formula is C17H25N3O2S. The third-order valence-corrected chi connectivity index (χ3v) is 6.08. The number of aromatic nitrogens is 2. The molecule has 5 nitrogen and oxygen atoms in total. The van der Waals surface area contributed by atoms with Crippen LogP contribution in [0.3, 0.4) is 0 Å². The van der Waals surface area contributed by atoms with Gasteiger partial charge in [-0.05, 0) is 43.0 Å². The van der Waals surface area contributed by atoms with E-state index in [-0.39, 0.29) is 0 Å². The highest BCUT2D eigenvalue weighted by molar-refractivity contribution is 7.89. The van der Waals surface area contributed by atoms with E-state index in [2.05, 4.69) is 18.9 Å². The van der Waals surface area contributed by atoms with Gasteiger partial charge in [0.15, 0.2) is 0 Å². The highest BCUT2D eigenvalue weighted by atomic mass is 32.2. The zero-order valence-corrected chi connectivity index (χ0v) is 15.0. The van der Waals surface area contributed by atoms with Crippen LogP contribution in [0.15, 0.2) is 41.4 Å². The van der Waals surface area contributed by atoms with Gasteiger partial charge in [0.2, 0.25) is 10.0 Å². The Morgan fingerprint density at radius 1 is 1.17 bits per heavy atom. The number of aryl methyl sites for hydroxylation is 1. The molecule has 2 aromatic rings. The molecule has 1 heterocycles. The van der Waals surface area contributed by atoms with E-state index in [0.29, 0.717) is 17.4 Å². The molecule has 0 unspecified atom stereocenters. The van der Waals surface area contributed by atoms with Gasteiger partial charge in [-0.25, -0.2) is 8.42 Å². The summed E-state index contributed by atoms with van der Waals surface area (Å²) >= 11 is 0. The fraction of sp³-hybridized carbons (Fsp3) is 0.471. The Bertz CT molecular complexity index is 735. The highest BCUT2D eigenvalue weighted by Crippen LogP contribution is 2.22. The minimum absolute atomic E-state index is 0.309. The molecule has 126 valence electrons. The van der Waals surface area contributed by atoms with Crippen LogP contribution in [0.5, 0.6) is 0 Å². The van der Waals surface area contributed by atoms with Crippen LogP contribution < -0.4 is 0 Å². The molecule has 0 radical (unpaired) electrons. The van der Waals surface area contributed by atoms with Crippen LogP contribution in [0.4, 0.5) is 0 Å². The van der Waals surface area contributed by atoms with Gasteiger partial charge in [0, 0.05) is 19.8 Å². The maximum absolute atomic E-state index is 12.7. The maximum atomic E-state index is 12.7. The minimum atomic E-state index is -3.50. The van der Waals surface area contributed by atoms with Crippen LogP contribution in [0.1, 0.15) is 44.4 Å². The largest absolute Gasteiger partial charge is 0.269 e. The molecule has 2 rings (SSSR count). The van der Waals surface area contributed by atoms with Crippen LogP contribution >= 0.6 is 0 Å². The lowest BCUT2D eigenvalue weighted by Crippen LogP contribution is -2.27. The summed E-state index contributed by atoms with van der Waals surface area (Å²) in [5.41, 5.74) is 2.05. The van der Waals surface area contributed by atoms with Crippen molar-refractivity contribution in [3.63, 3.8) is 0 Å². The van der Waals surface area contributed by atoms with Crippen molar-refractivity contribution < 1.29 is 8.42 Å². The standard InChI is InChI=1S/C17H25N3O2S/c1-5-14(3)15-7-9-17(10-8-15)23(21,22)19(4)13-16-11-12-18-20(16)6-2/h7-12,14H,5-6,13H2,1-4H3/t14-/m0/s1. The minimum Gasteiger partial charge on any atom is -0.269 e. The monoisotopic (exact) mass is 335 g/mol. The number of hydrogen-bond acceptors (Lipinski definition) is 3. The number of benzene rings is 1. The van der Waals surface area contributed by atoms with Crippen LogP contribution in [0.25, 0.3) is 0 Å². The van der Waals surface area contributed by atoms with Crippen LogP contribution in [-0.4, -0.2) is 29.6 Å². The fourth-order valence-corrected chi connectivity index (χ4v) is 3.62. The van der Waals surface area contributed by atoms with Crippen molar-refractivity contribution >= 4 is 10.0 Å². The molecule has 23 heavy (non-hydrogen) atoms. The van der Waals surface area contributed by atoms with Crippen LogP contribution in [0, 0.1) is 0 Å². The normalized spacial score (nSPS) is 13.4. The Morgan fingerprint density at radius 3 is 2.39 bits per heavy atom. The number of rotatable bonds is 7. The van der Waals surface area contributed by atoms with E-state index in [1.807, 2.05) is 25.1 Å². The molecule has 0 aliphatic carbocycles. The topological polar surface area (TPSA) is 55.2 Å². The van der Waals surface area contributed by atoms with Gasteiger partial charge in [-0.1, -0.05) is 26.0 Å². The summed E-state index contributed by atoms with van der Waals surface area (Å²) in [7, 11) is -1.89. The lowest BCUT2D eigenvalue weighted by Gasteiger charge is -2.18. The Morgan fingerprint density at radius 2 is 1.83 bits per heavy atom. The molecule has 0 amide bonds. The number of hydrogen-bond donors (Lipinski definition) is 0. The third-order valence-electron chi connectivity index (χ3n) is 4.26. The molecule has 0 bridgehead atoms. The van der Waals surface area contributed by atoms with E-state index >= 15 is 0 Å². The van der Waals surface area contributed by atoms with Crippen molar-refractivity contribution in [2.24, 2.45) is 0 Å². The van der Waals surface area contributed by atoms with Crippen LogP contribution in [-0.2, 0) is 23.1 Å². The Labute approximate surface area is 139 Å². The molecule has 6 heteroatoms. The SMILES string of the molecule is CC[C@H](C)c1ccc(S(=O)(=O)N(C)Cc2ccnn2CC)cc1. The summed E-state index contributed by atoms with van der Waals surface area (Å²) in [6, 6.07) is 9.06. The van der Waals surface area contributed by atoms with Crippen molar-refractivity contribution in [1.82, 2.24) is 14.1 Å². The summed E-state index contributed by atoms with van der Waals surface area (Å²) in [6.07, 6.45) is 2.73. The summed E-state index contributed by atoms with van der Waals surface area (Å²) in [4.78, 5) is 0.328. The average molecular weight is 335 g/mol. The second-order valence-electron chi connectivity index (χ2n) is 5.78. The fourth-order valence-electron chi connectivity index (χ4n) is 2.48. The van der Waals surface area contributed by atoms with Crippen molar-refractivity contribution in [2.45, 2.75) is 51.1 Å². The number of nitrogens with zero attached hydrogens (tertiary/aromatic N) is 3. The van der Waals surface area contributed by atoms with Gasteiger partial charge in [-0.3, -0.25) is 4.68 Å². The summed E-state index contributed by atoms with van der Waals surface area (Å²) < 4.78 is 28.6.